The second-order valence-corrected chi connectivity index (χ2v) is 9.52. The third-order valence-corrected chi connectivity index (χ3v) is 7.61. The van der Waals surface area contributed by atoms with E-state index in [1.807, 2.05) is 13.0 Å². The highest BCUT2D eigenvalue weighted by Crippen LogP contribution is 2.30. The maximum Gasteiger partial charge on any atom is 0.277 e. The Labute approximate surface area is 181 Å². The average molecular weight is 442 g/mol. The average Bonchev–Trinajstić information content (AvgIpc) is 2.78. The lowest BCUT2D eigenvalue weighted by atomic mass is 9.85. The minimum absolute atomic E-state index is 0.0311. The zero-order chi connectivity index (χ0) is 22.2. The Bertz CT molecular complexity index is 1150. The molecule has 0 saturated carbocycles. The summed E-state index contributed by atoms with van der Waals surface area (Å²) in [5.41, 5.74) is 3.05. The van der Waals surface area contributed by atoms with Crippen molar-refractivity contribution in [1.29, 1.82) is 0 Å². The van der Waals surface area contributed by atoms with Gasteiger partial charge >= 0.3 is 0 Å². The summed E-state index contributed by atoms with van der Waals surface area (Å²) in [6.45, 7) is 5.05. The van der Waals surface area contributed by atoms with E-state index in [2.05, 4.69) is 10.3 Å². The number of amides is 2. The highest BCUT2D eigenvalue weighted by Gasteiger charge is 2.28. The summed E-state index contributed by atoms with van der Waals surface area (Å²) in [4.78, 5) is 28.9. The van der Waals surface area contributed by atoms with Gasteiger partial charge in [0, 0.05) is 35.8 Å². The zero-order valence-electron chi connectivity index (χ0n) is 17.3. The molecule has 1 aliphatic carbocycles. The van der Waals surface area contributed by atoms with E-state index in [1.54, 1.807) is 19.1 Å². The van der Waals surface area contributed by atoms with Crippen LogP contribution in [-0.4, -0.2) is 56.6 Å². The lowest BCUT2D eigenvalue weighted by Crippen LogP contribution is -2.40. The Balaban J connectivity index is 1.52. The van der Waals surface area contributed by atoms with Crippen LogP contribution in [0.4, 0.5) is 0 Å². The normalized spacial score (nSPS) is 23.4. The van der Waals surface area contributed by atoms with Gasteiger partial charge < -0.3 is 10.1 Å². The van der Waals surface area contributed by atoms with Crippen molar-refractivity contribution >= 4 is 27.5 Å². The molecule has 2 heterocycles. The molecule has 31 heavy (non-hydrogen) atoms. The first-order valence-electron chi connectivity index (χ1n) is 9.97. The van der Waals surface area contributed by atoms with Crippen molar-refractivity contribution in [2.24, 2.45) is 10.9 Å². The monoisotopic (exact) mass is 441 g/mol. The molecular formula is C22H23N3O5S. The molecule has 1 unspecified atom stereocenters. The lowest BCUT2D eigenvalue weighted by Gasteiger charge is -2.28. The van der Waals surface area contributed by atoms with Crippen molar-refractivity contribution in [2.75, 3.05) is 26.3 Å². The number of rotatable bonds is 3. The van der Waals surface area contributed by atoms with Crippen molar-refractivity contribution in [3.05, 3.63) is 64.9 Å². The molecule has 1 N–H and O–H groups in total. The molecule has 0 radical (unpaired) electrons. The number of nitrogens with one attached hydrogen (secondary N) is 1. The van der Waals surface area contributed by atoms with Gasteiger partial charge in [-0.05, 0) is 50.3 Å². The number of benzene rings is 1. The molecule has 0 spiro atoms. The molecule has 1 aromatic rings. The highest BCUT2D eigenvalue weighted by molar-refractivity contribution is 7.89. The Morgan fingerprint density at radius 2 is 1.84 bits per heavy atom. The number of fused-ring (bicyclic) bond motifs is 1. The minimum atomic E-state index is -3.62. The van der Waals surface area contributed by atoms with Crippen LogP contribution in [0.2, 0.25) is 0 Å². The Morgan fingerprint density at radius 1 is 1.16 bits per heavy atom. The number of sulfonamides is 1. The van der Waals surface area contributed by atoms with E-state index in [-0.39, 0.29) is 22.3 Å². The number of carbonyl (C=O) groups excluding carboxylic acids is 2. The molecule has 8 nitrogen and oxygen atoms in total. The lowest BCUT2D eigenvalue weighted by molar-refractivity contribution is -0.117. The first kappa shape index (κ1) is 21.4. The topological polar surface area (TPSA) is 105 Å². The first-order valence-corrected chi connectivity index (χ1v) is 11.4. The molecule has 2 amide bonds. The molecule has 1 aromatic carbocycles. The summed E-state index contributed by atoms with van der Waals surface area (Å²) in [6.07, 6.45) is 5.34. The molecule has 0 aromatic heterocycles. The fourth-order valence-corrected chi connectivity index (χ4v) is 5.09. The van der Waals surface area contributed by atoms with Gasteiger partial charge in [-0.3, -0.25) is 9.59 Å². The maximum absolute atomic E-state index is 12.7. The van der Waals surface area contributed by atoms with Crippen LogP contribution >= 0.6 is 0 Å². The van der Waals surface area contributed by atoms with E-state index in [0.717, 1.165) is 5.57 Å². The van der Waals surface area contributed by atoms with Crippen molar-refractivity contribution in [2.45, 2.75) is 18.7 Å². The van der Waals surface area contributed by atoms with Gasteiger partial charge in [0.1, 0.15) is 0 Å². The zero-order valence-corrected chi connectivity index (χ0v) is 18.1. The van der Waals surface area contributed by atoms with Gasteiger partial charge in [-0.1, -0.05) is 11.6 Å². The van der Waals surface area contributed by atoms with Crippen LogP contribution < -0.4 is 5.32 Å². The van der Waals surface area contributed by atoms with Gasteiger partial charge in [0.15, 0.2) is 0 Å². The van der Waals surface area contributed by atoms with Crippen LogP contribution in [0.25, 0.3) is 0 Å². The van der Waals surface area contributed by atoms with Crippen molar-refractivity contribution in [3.63, 3.8) is 0 Å². The van der Waals surface area contributed by atoms with E-state index in [0.29, 0.717) is 43.3 Å². The Morgan fingerprint density at radius 3 is 2.52 bits per heavy atom. The number of hydrogen-bond donors (Lipinski definition) is 1. The van der Waals surface area contributed by atoms with Crippen LogP contribution in [0, 0.1) is 5.92 Å². The number of nitrogens with zero attached hydrogens (tertiary/aromatic N) is 2. The number of morpholine rings is 1. The SMILES string of the molecule is CC1=C(C)C2C=CC(=NC(=O)c3ccc(S(=O)(=O)N4CCOCC4)cc3)C=C2NC1=O. The molecule has 162 valence electrons. The summed E-state index contributed by atoms with van der Waals surface area (Å²) >= 11 is 0. The number of ether oxygens (including phenoxy) is 1. The fourth-order valence-electron chi connectivity index (χ4n) is 3.68. The number of carbonyl (C=O) groups is 2. The fraction of sp³-hybridized carbons (Fsp3) is 0.318. The highest BCUT2D eigenvalue weighted by atomic mass is 32.2. The molecule has 1 atom stereocenters. The molecule has 9 heteroatoms. The summed E-state index contributed by atoms with van der Waals surface area (Å²) in [5.74, 6) is -0.676. The summed E-state index contributed by atoms with van der Waals surface area (Å²) < 4.78 is 32.0. The van der Waals surface area contributed by atoms with Gasteiger partial charge in [0.05, 0.1) is 23.8 Å². The quantitative estimate of drug-likeness (QED) is 0.770. The van der Waals surface area contributed by atoms with Gasteiger partial charge in [0.2, 0.25) is 10.0 Å². The van der Waals surface area contributed by atoms with Crippen LogP contribution in [0.5, 0.6) is 0 Å². The van der Waals surface area contributed by atoms with E-state index < -0.39 is 15.9 Å². The minimum Gasteiger partial charge on any atom is -0.379 e. The Hall–Kier alpha value is -2.88. The molecule has 1 saturated heterocycles. The summed E-state index contributed by atoms with van der Waals surface area (Å²) in [7, 11) is -3.62. The van der Waals surface area contributed by atoms with Crippen LogP contribution in [-0.2, 0) is 19.6 Å². The molecular weight excluding hydrogens is 418 g/mol. The predicted molar refractivity (Wildman–Crippen MR) is 115 cm³/mol. The third-order valence-electron chi connectivity index (χ3n) is 5.69. The van der Waals surface area contributed by atoms with Gasteiger partial charge in [-0.25, -0.2) is 13.4 Å². The van der Waals surface area contributed by atoms with Gasteiger partial charge in [-0.2, -0.15) is 4.31 Å². The summed E-state index contributed by atoms with van der Waals surface area (Å²) in [5, 5.41) is 2.84. The van der Waals surface area contributed by atoms with Crippen molar-refractivity contribution in [1.82, 2.24) is 9.62 Å². The molecule has 3 aliphatic rings. The predicted octanol–water partition coefficient (Wildman–Crippen LogP) is 1.82. The van der Waals surface area contributed by atoms with Crippen LogP contribution in [0.15, 0.2) is 69.2 Å². The van der Waals surface area contributed by atoms with Crippen molar-refractivity contribution < 1.29 is 22.7 Å². The first-order chi connectivity index (χ1) is 14.8. The smallest absolute Gasteiger partial charge is 0.277 e. The van der Waals surface area contributed by atoms with E-state index in [4.69, 9.17) is 4.74 Å². The van der Waals surface area contributed by atoms with E-state index in [9.17, 15) is 18.0 Å². The third kappa shape index (κ3) is 4.16. The second kappa shape index (κ2) is 8.33. The largest absolute Gasteiger partial charge is 0.379 e. The Kier molecular flexibility index (Phi) is 5.74. The van der Waals surface area contributed by atoms with Gasteiger partial charge in [-0.15, -0.1) is 0 Å². The van der Waals surface area contributed by atoms with Gasteiger partial charge in [0.25, 0.3) is 11.8 Å². The number of aliphatic imine (C=N–C) groups is 1. The van der Waals surface area contributed by atoms with E-state index >= 15 is 0 Å². The van der Waals surface area contributed by atoms with E-state index in [1.165, 1.54) is 28.6 Å². The van der Waals surface area contributed by atoms with Crippen LogP contribution in [0.3, 0.4) is 0 Å². The molecule has 0 bridgehead atoms. The van der Waals surface area contributed by atoms with Crippen LogP contribution in [0.1, 0.15) is 24.2 Å². The maximum atomic E-state index is 12.7. The number of hydrogen-bond acceptors (Lipinski definition) is 5. The molecule has 1 fully saturated rings. The summed E-state index contributed by atoms with van der Waals surface area (Å²) in [6, 6.07) is 5.76. The number of allylic oxidation sites excluding steroid dienone is 3. The molecule has 2 aliphatic heterocycles. The molecule has 4 rings (SSSR count). The second-order valence-electron chi connectivity index (χ2n) is 7.58. The van der Waals surface area contributed by atoms with Crippen molar-refractivity contribution in [3.8, 4) is 0 Å². The standard InChI is InChI=1S/C22H23N3O5S/c1-14-15(2)21(26)24-20-13-17(5-8-19(14)20)23-22(27)16-3-6-18(7-4-16)31(28,29)25-9-11-30-12-10-25/h3-8,13,19H,9-12H2,1-2H3,(H,24,26).